The maximum atomic E-state index is 13.5. The van der Waals surface area contributed by atoms with Gasteiger partial charge in [0.15, 0.2) is 5.76 Å². The summed E-state index contributed by atoms with van der Waals surface area (Å²) in [5, 5.41) is 15.0. The molecule has 0 saturated heterocycles. The molecular formula is C11H8BrFN2O3. The topological polar surface area (TPSA) is 75.4 Å². The fourth-order valence-electron chi connectivity index (χ4n) is 1.40. The minimum absolute atomic E-state index is 0.0289. The Hall–Kier alpha value is -1.89. The molecule has 0 fully saturated rings. The van der Waals surface area contributed by atoms with Gasteiger partial charge in [0, 0.05) is 4.47 Å². The first kappa shape index (κ1) is 12.6. The standard InChI is InChI=1S/C11H8BrFN2O3/c12-7-2-1-3-8(13)10(7)14-5-9-6(11(16)17)4-15-18-9/h1-4,14H,5H2,(H,16,17). The zero-order chi connectivity index (χ0) is 13.1. The van der Waals surface area contributed by atoms with Gasteiger partial charge in [-0.15, -0.1) is 0 Å². The molecule has 0 atom stereocenters. The van der Waals surface area contributed by atoms with Gasteiger partial charge in [0.25, 0.3) is 0 Å². The lowest BCUT2D eigenvalue weighted by molar-refractivity contribution is 0.0694. The normalized spacial score (nSPS) is 10.3. The lowest BCUT2D eigenvalue weighted by Gasteiger charge is -2.07. The third-order valence-electron chi connectivity index (χ3n) is 2.26. The van der Waals surface area contributed by atoms with Crippen LogP contribution in [0.5, 0.6) is 0 Å². The number of nitrogens with one attached hydrogen (secondary N) is 1. The second kappa shape index (κ2) is 5.18. The van der Waals surface area contributed by atoms with Crippen LogP contribution in [0.15, 0.2) is 33.4 Å². The van der Waals surface area contributed by atoms with Crippen molar-refractivity contribution in [3.8, 4) is 0 Å². The first-order valence-corrected chi connectivity index (χ1v) is 5.73. The van der Waals surface area contributed by atoms with Crippen LogP contribution in [0.4, 0.5) is 10.1 Å². The average Bonchev–Trinajstić information content (AvgIpc) is 2.76. The molecule has 7 heteroatoms. The number of benzene rings is 1. The molecule has 0 aliphatic heterocycles. The smallest absolute Gasteiger partial charge is 0.341 e. The fraction of sp³-hybridized carbons (Fsp3) is 0.0909. The molecule has 0 aliphatic rings. The summed E-state index contributed by atoms with van der Waals surface area (Å²) in [5.74, 6) is -1.45. The largest absolute Gasteiger partial charge is 0.478 e. The number of carbonyl (C=O) groups is 1. The summed E-state index contributed by atoms with van der Waals surface area (Å²) in [6, 6.07) is 4.53. The van der Waals surface area contributed by atoms with E-state index in [-0.39, 0.29) is 23.6 Å². The minimum atomic E-state index is -1.14. The van der Waals surface area contributed by atoms with Crippen LogP contribution in [-0.4, -0.2) is 16.2 Å². The number of para-hydroxylation sites is 1. The number of carboxylic acids is 1. The van der Waals surface area contributed by atoms with E-state index in [2.05, 4.69) is 26.4 Å². The third-order valence-corrected chi connectivity index (χ3v) is 2.92. The molecule has 1 aromatic carbocycles. The molecule has 2 N–H and O–H groups in total. The van der Waals surface area contributed by atoms with Crippen molar-refractivity contribution in [3.63, 3.8) is 0 Å². The first-order chi connectivity index (χ1) is 8.59. The molecule has 2 aromatic rings. The number of hydrogen-bond acceptors (Lipinski definition) is 4. The summed E-state index contributed by atoms with van der Waals surface area (Å²) in [6.07, 6.45) is 1.11. The number of anilines is 1. The van der Waals surface area contributed by atoms with E-state index < -0.39 is 11.8 Å². The summed E-state index contributed by atoms with van der Waals surface area (Å²) in [6.45, 7) is 0.0289. The van der Waals surface area contributed by atoms with E-state index in [1.807, 2.05) is 0 Å². The quantitative estimate of drug-likeness (QED) is 0.907. The summed E-state index contributed by atoms with van der Waals surface area (Å²) in [7, 11) is 0. The number of nitrogens with zero attached hydrogens (tertiary/aromatic N) is 1. The Morgan fingerprint density at radius 1 is 1.56 bits per heavy atom. The van der Waals surface area contributed by atoms with Gasteiger partial charge in [0.2, 0.25) is 0 Å². The molecule has 0 saturated carbocycles. The highest BCUT2D eigenvalue weighted by atomic mass is 79.9. The van der Waals surface area contributed by atoms with Crippen molar-refractivity contribution in [3.05, 3.63) is 46.0 Å². The average molecular weight is 315 g/mol. The molecule has 0 radical (unpaired) electrons. The Bertz CT molecular complexity index is 565. The fourth-order valence-corrected chi connectivity index (χ4v) is 1.88. The van der Waals surface area contributed by atoms with E-state index in [0.717, 1.165) is 6.20 Å². The zero-order valence-corrected chi connectivity index (χ0v) is 10.6. The van der Waals surface area contributed by atoms with Crippen LogP contribution < -0.4 is 5.32 Å². The predicted octanol–water partition coefficient (Wildman–Crippen LogP) is 2.89. The van der Waals surface area contributed by atoms with Crippen molar-refractivity contribution in [2.24, 2.45) is 0 Å². The molecule has 94 valence electrons. The summed E-state index contributed by atoms with van der Waals surface area (Å²) in [5.41, 5.74) is 0.195. The number of halogens is 2. The highest BCUT2D eigenvalue weighted by Crippen LogP contribution is 2.25. The lowest BCUT2D eigenvalue weighted by Crippen LogP contribution is -2.06. The Morgan fingerprint density at radius 3 is 3.00 bits per heavy atom. The second-order valence-corrected chi connectivity index (χ2v) is 4.27. The summed E-state index contributed by atoms with van der Waals surface area (Å²) >= 11 is 3.19. The molecule has 0 aliphatic carbocycles. The number of aromatic carboxylic acids is 1. The van der Waals surface area contributed by atoms with Gasteiger partial charge in [-0.2, -0.15) is 0 Å². The zero-order valence-electron chi connectivity index (χ0n) is 8.98. The van der Waals surface area contributed by atoms with Crippen molar-refractivity contribution in [1.82, 2.24) is 5.16 Å². The lowest BCUT2D eigenvalue weighted by atomic mass is 10.2. The summed E-state index contributed by atoms with van der Waals surface area (Å²) < 4.78 is 18.8. The maximum absolute atomic E-state index is 13.5. The Kier molecular flexibility index (Phi) is 3.61. The van der Waals surface area contributed by atoms with Crippen LogP contribution in [0.25, 0.3) is 0 Å². The minimum Gasteiger partial charge on any atom is -0.478 e. The first-order valence-electron chi connectivity index (χ1n) is 4.94. The van der Waals surface area contributed by atoms with Gasteiger partial charge < -0.3 is 14.9 Å². The van der Waals surface area contributed by atoms with Crippen molar-refractivity contribution < 1.29 is 18.8 Å². The van der Waals surface area contributed by atoms with Gasteiger partial charge in [-0.1, -0.05) is 11.2 Å². The van der Waals surface area contributed by atoms with Crippen LogP contribution in [0.3, 0.4) is 0 Å². The predicted molar refractivity (Wildman–Crippen MR) is 64.9 cm³/mol. The maximum Gasteiger partial charge on any atom is 0.341 e. The van der Waals surface area contributed by atoms with E-state index in [9.17, 15) is 9.18 Å². The van der Waals surface area contributed by atoms with E-state index in [4.69, 9.17) is 9.63 Å². The van der Waals surface area contributed by atoms with Crippen molar-refractivity contribution in [2.75, 3.05) is 5.32 Å². The number of rotatable bonds is 4. The SMILES string of the molecule is O=C(O)c1cnoc1CNc1c(F)cccc1Br. The molecule has 0 amide bonds. The van der Waals surface area contributed by atoms with Crippen molar-refractivity contribution in [2.45, 2.75) is 6.54 Å². The van der Waals surface area contributed by atoms with Gasteiger partial charge in [0.1, 0.15) is 11.4 Å². The Labute approximate surface area is 110 Å². The summed E-state index contributed by atoms with van der Waals surface area (Å²) in [4.78, 5) is 10.8. The van der Waals surface area contributed by atoms with Crippen LogP contribution in [0.2, 0.25) is 0 Å². The highest BCUT2D eigenvalue weighted by Gasteiger charge is 2.15. The monoisotopic (exact) mass is 314 g/mol. The van der Waals surface area contributed by atoms with Gasteiger partial charge in [-0.05, 0) is 28.1 Å². The van der Waals surface area contributed by atoms with Crippen LogP contribution in [0.1, 0.15) is 16.1 Å². The molecule has 1 heterocycles. The molecule has 2 rings (SSSR count). The van der Waals surface area contributed by atoms with Gasteiger partial charge in [0.05, 0.1) is 18.4 Å². The number of aromatic nitrogens is 1. The van der Waals surface area contributed by atoms with E-state index in [1.165, 1.54) is 6.07 Å². The van der Waals surface area contributed by atoms with E-state index in [1.54, 1.807) is 12.1 Å². The van der Waals surface area contributed by atoms with E-state index >= 15 is 0 Å². The Morgan fingerprint density at radius 2 is 2.33 bits per heavy atom. The van der Waals surface area contributed by atoms with Gasteiger partial charge in [-0.25, -0.2) is 9.18 Å². The van der Waals surface area contributed by atoms with Gasteiger partial charge in [-0.3, -0.25) is 0 Å². The molecule has 0 spiro atoms. The van der Waals surface area contributed by atoms with Crippen molar-refractivity contribution >= 4 is 27.6 Å². The third kappa shape index (κ3) is 2.51. The molecular weight excluding hydrogens is 307 g/mol. The molecule has 0 bridgehead atoms. The van der Waals surface area contributed by atoms with Gasteiger partial charge >= 0.3 is 5.97 Å². The molecule has 1 aromatic heterocycles. The van der Waals surface area contributed by atoms with Crippen LogP contribution >= 0.6 is 15.9 Å². The molecule has 5 nitrogen and oxygen atoms in total. The Balaban J connectivity index is 2.17. The highest BCUT2D eigenvalue weighted by molar-refractivity contribution is 9.10. The van der Waals surface area contributed by atoms with Crippen LogP contribution in [-0.2, 0) is 6.54 Å². The van der Waals surface area contributed by atoms with E-state index in [0.29, 0.717) is 4.47 Å². The van der Waals surface area contributed by atoms with Crippen molar-refractivity contribution in [1.29, 1.82) is 0 Å². The molecule has 18 heavy (non-hydrogen) atoms. The molecule has 0 unspecified atom stereocenters. The number of carboxylic acid groups (broad SMARTS) is 1. The van der Waals surface area contributed by atoms with Crippen LogP contribution in [0, 0.1) is 5.82 Å². The number of hydrogen-bond donors (Lipinski definition) is 2. The second-order valence-electron chi connectivity index (χ2n) is 3.42.